The summed E-state index contributed by atoms with van der Waals surface area (Å²) in [5.41, 5.74) is 1.64. The molecule has 1 rings (SSSR count). The number of hydrogen-bond donors (Lipinski definition) is 2. The van der Waals surface area contributed by atoms with Crippen LogP contribution in [0, 0.1) is 0 Å². The third-order valence-corrected chi connectivity index (χ3v) is 32.9. The van der Waals surface area contributed by atoms with Crippen molar-refractivity contribution in [3.8, 4) is 0 Å². The van der Waals surface area contributed by atoms with Gasteiger partial charge in [0.25, 0.3) is 0 Å². The molecule has 0 bridgehead atoms. The van der Waals surface area contributed by atoms with E-state index < -0.39 is 42.1 Å². The van der Waals surface area contributed by atoms with Crippen LogP contribution >= 0.6 is 0 Å². The Labute approximate surface area is 213 Å². The van der Waals surface area contributed by atoms with Crippen LogP contribution in [0.5, 0.6) is 0 Å². The zero-order valence-electron chi connectivity index (χ0n) is 22.8. The molecule has 3 unspecified atom stereocenters. The average molecular weight is 571 g/mol. The van der Waals surface area contributed by atoms with Gasteiger partial charge >= 0.3 is 26.4 Å². The van der Waals surface area contributed by atoms with Crippen molar-refractivity contribution >= 4 is 42.1 Å². The molecule has 0 radical (unpaired) electrons. The second-order valence-electron chi connectivity index (χ2n) is 10.2. The summed E-state index contributed by atoms with van der Waals surface area (Å²) in [6, 6.07) is 0.814. The Morgan fingerprint density at radius 3 is 1.88 bits per heavy atom. The van der Waals surface area contributed by atoms with Crippen LogP contribution in [-0.4, -0.2) is 73.0 Å². The second kappa shape index (κ2) is 13.9. The molecule has 8 nitrogen and oxygen atoms in total. The van der Waals surface area contributed by atoms with Gasteiger partial charge in [-0.05, 0) is 43.5 Å². The van der Waals surface area contributed by atoms with Crippen molar-refractivity contribution in [2.24, 2.45) is 0 Å². The minimum Gasteiger partial charge on any atom is -0.432 e. The highest BCUT2D eigenvalue weighted by Crippen LogP contribution is 2.45. The number of rotatable bonds is 17. The van der Waals surface area contributed by atoms with E-state index in [-0.39, 0.29) is 0 Å². The summed E-state index contributed by atoms with van der Waals surface area (Å²) < 4.78 is 36.3. The molecule has 0 aromatic carbocycles. The maximum absolute atomic E-state index is 12.0. The van der Waals surface area contributed by atoms with Crippen LogP contribution in [0.2, 0.25) is 37.8 Å². The second-order valence-corrected chi connectivity index (χ2v) is 31.6. The van der Waals surface area contributed by atoms with E-state index in [0.29, 0.717) is 5.54 Å². The van der Waals surface area contributed by atoms with Gasteiger partial charge in [-0.15, -0.1) is 0 Å². The summed E-state index contributed by atoms with van der Waals surface area (Å²) in [6.07, 6.45) is 10.1. The molecule has 1 aliphatic rings. The van der Waals surface area contributed by atoms with Crippen molar-refractivity contribution in [2.75, 3.05) is 21.3 Å². The van der Waals surface area contributed by atoms with Crippen molar-refractivity contribution in [1.29, 1.82) is 0 Å². The molecule has 202 valence electrons. The summed E-state index contributed by atoms with van der Waals surface area (Å²) in [4.78, 5) is 22.7. The van der Waals surface area contributed by atoms with Crippen molar-refractivity contribution in [2.45, 2.75) is 102 Å². The molecule has 1 fully saturated rings. The quantitative estimate of drug-likeness (QED) is 0.188. The van der Waals surface area contributed by atoms with Crippen LogP contribution in [0.15, 0.2) is 12.3 Å². The van der Waals surface area contributed by atoms with Crippen molar-refractivity contribution in [3.63, 3.8) is 0 Å². The number of hydrogen-bond acceptors (Lipinski definition) is 8. The first-order chi connectivity index (χ1) is 15.8. The molecular formula is C21H50O8Si5. The predicted molar refractivity (Wildman–Crippen MR) is 147 cm³/mol. The van der Waals surface area contributed by atoms with E-state index in [2.05, 4.69) is 26.6 Å². The molecule has 0 aliphatic heterocycles. The fourth-order valence-corrected chi connectivity index (χ4v) is 29.5. The third kappa shape index (κ3) is 8.81. The summed E-state index contributed by atoms with van der Waals surface area (Å²) in [6.45, 7) is 13.7. The van der Waals surface area contributed by atoms with Crippen LogP contribution in [-0.2, 0) is 25.6 Å². The lowest BCUT2D eigenvalue weighted by Crippen LogP contribution is -2.71. The lowest BCUT2D eigenvalue weighted by Gasteiger charge is -2.49. The Bertz CT molecular complexity index is 616. The molecule has 1 aliphatic carbocycles. The minimum atomic E-state index is -3.69. The summed E-state index contributed by atoms with van der Waals surface area (Å²) in [7, 11) is -11.4. The minimum absolute atomic E-state index is 0.332. The van der Waals surface area contributed by atoms with Crippen LogP contribution in [0.1, 0.15) is 64.7 Å². The van der Waals surface area contributed by atoms with E-state index in [1.165, 1.54) is 39.9 Å². The lowest BCUT2D eigenvalue weighted by molar-refractivity contribution is 0.0627. The maximum Gasteiger partial charge on any atom is 0.659 e. The Kier molecular flexibility index (Phi) is 13.3. The average Bonchev–Trinajstić information content (AvgIpc) is 2.81. The molecule has 3 atom stereocenters. The maximum atomic E-state index is 12.0. The molecule has 2 N–H and O–H groups in total. The molecule has 0 amide bonds. The topological polar surface area (TPSA) is 95.8 Å². The van der Waals surface area contributed by atoms with Gasteiger partial charge in [0, 0.05) is 21.3 Å². The zero-order valence-corrected chi connectivity index (χ0v) is 27.8. The molecule has 13 heteroatoms. The smallest absolute Gasteiger partial charge is 0.432 e. The van der Waals surface area contributed by atoms with E-state index in [1.807, 2.05) is 0 Å². The number of unbranched alkanes of at least 4 members (excludes halogenated alkanes) is 3. The Morgan fingerprint density at radius 2 is 1.41 bits per heavy atom. The Morgan fingerprint density at radius 1 is 0.824 bits per heavy atom. The molecule has 0 aromatic heterocycles. The normalized spacial score (nSPS) is 21.5. The van der Waals surface area contributed by atoms with Crippen molar-refractivity contribution in [1.82, 2.24) is 0 Å². The first-order valence-corrected chi connectivity index (χ1v) is 25.1. The Hall–Kier alpha value is 0.504. The molecular weight excluding hydrogens is 521 g/mol. The van der Waals surface area contributed by atoms with E-state index in [1.54, 1.807) is 13.1 Å². The summed E-state index contributed by atoms with van der Waals surface area (Å²) >= 11 is 0. The SMILES string of the molecule is C=C[Si](O)(OC)O[Si](C)(C)O[Si](OC)(OC)O[Si](C)(C1CCCCC1)[Si](C)(O)CCCCCC. The van der Waals surface area contributed by atoms with Crippen LogP contribution in [0.3, 0.4) is 0 Å². The van der Waals surface area contributed by atoms with Gasteiger partial charge in [0.15, 0.2) is 0 Å². The van der Waals surface area contributed by atoms with Gasteiger partial charge in [-0.25, -0.2) is 0 Å². The highest BCUT2D eigenvalue weighted by Gasteiger charge is 2.63. The molecule has 0 saturated heterocycles. The van der Waals surface area contributed by atoms with Crippen molar-refractivity contribution in [3.05, 3.63) is 12.3 Å². The van der Waals surface area contributed by atoms with E-state index in [0.717, 1.165) is 51.0 Å². The van der Waals surface area contributed by atoms with Crippen LogP contribution in [0.4, 0.5) is 0 Å². The van der Waals surface area contributed by atoms with Gasteiger partial charge in [-0.1, -0.05) is 71.3 Å². The van der Waals surface area contributed by atoms with Crippen LogP contribution < -0.4 is 0 Å². The summed E-state index contributed by atoms with van der Waals surface area (Å²) in [5.74, 6) is 0. The molecule has 1 saturated carbocycles. The summed E-state index contributed by atoms with van der Waals surface area (Å²) in [5, 5.41) is 0. The standard InChI is InChI=1S/C21H50O8Si5/c1-10-12-13-17-20-31(8,22)32(9,21-18-15-14-16-19-21)29-34(25-4,26-5)28-30(6,7)27-33(23,11-2)24-3/h11,21-23H,2,10,12-20H2,1,3-9H3. The fourth-order valence-electron chi connectivity index (χ4n) is 4.80. The monoisotopic (exact) mass is 570 g/mol. The first kappa shape index (κ1) is 32.5. The lowest BCUT2D eigenvalue weighted by atomic mass is 10.0. The molecule has 0 heterocycles. The van der Waals surface area contributed by atoms with Gasteiger partial charge in [-0.3, -0.25) is 0 Å². The van der Waals surface area contributed by atoms with Gasteiger partial charge in [0.1, 0.15) is 0 Å². The van der Waals surface area contributed by atoms with Crippen molar-refractivity contribution < 1.29 is 35.2 Å². The van der Waals surface area contributed by atoms with Crippen LogP contribution in [0.25, 0.3) is 0 Å². The molecule has 0 spiro atoms. The molecule has 0 aromatic rings. The fraction of sp³-hybridized carbons (Fsp3) is 0.905. The third-order valence-electron chi connectivity index (χ3n) is 7.12. The largest absolute Gasteiger partial charge is 0.659 e. The van der Waals surface area contributed by atoms with Gasteiger partial charge < -0.3 is 35.2 Å². The van der Waals surface area contributed by atoms with E-state index in [9.17, 15) is 9.59 Å². The highest BCUT2D eigenvalue weighted by atomic mass is 29.3. The van der Waals surface area contributed by atoms with Gasteiger partial charge in [0.2, 0.25) is 15.7 Å². The first-order valence-electron chi connectivity index (χ1n) is 12.6. The van der Waals surface area contributed by atoms with Gasteiger partial charge in [0.05, 0.1) is 0 Å². The van der Waals surface area contributed by atoms with E-state index in [4.69, 9.17) is 25.6 Å². The highest BCUT2D eigenvalue weighted by molar-refractivity contribution is 7.37. The predicted octanol–water partition coefficient (Wildman–Crippen LogP) is 4.91. The van der Waals surface area contributed by atoms with Gasteiger partial charge in [-0.2, -0.15) is 0 Å². The Balaban J connectivity index is 3.29. The molecule has 34 heavy (non-hydrogen) atoms. The zero-order chi connectivity index (χ0) is 26.1. The van der Waals surface area contributed by atoms with E-state index >= 15 is 0 Å².